The van der Waals surface area contributed by atoms with Crippen LogP contribution in [-0.2, 0) is 21.9 Å². The first kappa shape index (κ1) is 16.8. The second-order valence-electron chi connectivity index (χ2n) is 6.78. The van der Waals surface area contributed by atoms with Gasteiger partial charge in [0.15, 0.2) is 0 Å². The minimum atomic E-state index is -3.54. The van der Waals surface area contributed by atoms with Gasteiger partial charge in [-0.05, 0) is 19.3 Å². The van der Waals surface area contributed by atoms with Crippen LogP contribution in [0.2, 0.25) is 0 Å². The number of sulfonamides is 1. The summed E-state index contributed by atoms with van der Waals surface area (Å²) in [6.07, 6.45) is 2.03. The molecule has 1 saturated carbocycles. The van der Waals surface area contributed by atoms with Crippen molar-refractivity contribution in [2.24, 2.45) is 0 Å². The summed E-state index contributed by atoms with van der Waals surface area (Å²) in [5.74, 6) is -0.412. The van der Waals surface area contributed by atoms with Crippen molar-refractivity contribution in [1.29, 1.82) is 0 Å². The van der Waals surface area contributed by atoms with E-state index in [-0.39, 0.29) is 12.0 Å². The lowest BCUT2D eigenvalue weighted by Crippen LogP contribution is -2.43. The van der Waals surface area contributed by atoms with Gasteiger partial charge in [0.2, 0.25) is 10.0 Å². The Kier molecular flexibility index (Phi) is 4.75. The SMILES string of the molecule is CC(C)(C)c1csc(CCNS(=O)(=O)CC2(F)CCC2)n1. The monoisotopic (exact) mass is 334 g/mol. The Bertz CT molecular complexity index is 586. The molecule has 0 aromatic carbocycles. The number of aromatic nitrogens is 1. The van der Waals surface area contributed by atoms with Crippen LogP contribution in [0.5, 0.6) is 0 Å². The lowest BCUT2D eigenvalue weighted by molar-refractivity contribution is 0.0889. The van der Waals surface area contributed by atoms with Crippen molar-refractivity contribution < 1.29 is 12.8 Å². The van der Waals surface area contributed by atoms with Crippen LogP contribution in [-0.4, -0.2) is 31.4 Å². The molecule has 0 bridgehead atoms. The Morgan fingerprint density at radius 3 is 2.57 bits per heavy atom. The molecule has 0 unspecified atom stereocenters. The van der Waals surface area contributed by atoms with E-state index in [2.05, 4.69) is 30.5 Å². The molecule has 1 aliphatic carbocycles. The number of hydrogen-bond donors (Lipinski definition) is 1. The molecule has 120 valence electrons. The van der Waals surface area contributed by atoms with E-state index in [1.165, 1.54) is 11.3 Å². The largest absolute Gasteiger partial charge is 0.246 e. The van der Waals surface area contributed by atoms with Gasteiger partial charge in [0.25, 0.3) is 0 Å². The first-order chi connectivity index (χ1) is 9.60. The highest BCUT2D eigenvalue weighted by Crippen LogP contribution is 2.36. The number of nitrogens with one attached hydrogen (secondary N) is 1. The maximum Gasteiger partial charge on any atom is 0.214 e. The van der Waals surface area contributed by atoms with Crippen LogP contribution in [0.4, 0.5) is 4.39 Å². The van der Waals surface area contributed by atoms with E-state index in [0.29, 0.717) is 19.3 Å². The molecule has 1 aromatic heterocycles. The molecular weight excluding hydrogens is 311 g/mol. The highest BCUT2D eigenvalue weighted by molar-refractivity contribution is 7.89. The first-order valence-electron chi connectivity index (χ1n) is 7.21. The number of nitrogens with zero attached hydrogens (tertiary/aromatic N) is 1. The van der Waals surface area contributed by atoms with Crippen LogP contribution >= 0.6 is 11.3 Å². The Balaban J connectivity index is 1.82. The highest BCUT2D eigenvalue weighted by atomic mass is 32.2. The zero-order valence-corrected chi connectivity index (χ0v) is 14.4. The third kappa shape index (κ3) is 4.72. The fourth-order valence-electron chi connectivity index (χ4n) is 2.18. The molecule has 0 spiro atoms. The van der Waals surface area contributed by atoms with Gasteiger partial charge >= 0.3 is 0 Å². The molecule has 7 heteroatoms. The Morgan fingerprint density at radius 2 is 2.10 bits per heavy atom. The average molecular weight is 334 g/mol. The molecule has 1 fully saturated rings. The maximum atomic E-state index is 13.9. The van der Waals surface area contributed by atoms with E-state index in [9.17, 15) is 12.8 Å². The minimum Gasteiger partial charge on any atom is -0.246 e. The lowest BCUT2D eigenvalue weighted by atomic mass is 9.84. The van der Waals surface area contributed by atoms with E-state index in [1.807, 2.05) is 5.38 Å². The van der Waals surface area contributed by atoms with Gasteiger partial charge in [0.1, 0.15) is 5.67 Å². The maximum absolute atomic E-state index is 13.9. The number of rotatable bonds is 6. The van der Waals surface area contributed by atoms with E-state index in [4.69, 9.17) is 0 Å². The number of halogens is 1. The molecule has 1 aliphatic rings. The van der Waals surface area contributed by atoms with Crippen molar-refractivity contribution in [1.82, 2.24) is 9.71 Å². The molecule has 21 heavy (non-hydrogen) atoms. The number of thiazole rings is 1. The highest BCUT2D eigenvalue weighted by Gasteiger charge is 2.41. The first-order valence-corrected chi connectivity index (χ1v) is 9.74. The summed E-state index contributed by atoms with van der Waals surface area (Å²) in [7, 11) is -3.54. The van der Waals surface area contributed by atoms with Gasteiger partial charge in [0, 0.05) is 23.8 Å². The lowest BCUT2D eigenvalue weighted by Gasteiger charge is -2.33. The second kappa shape index (κ2) is 5.93. The molecular formula is C14H23FN2O2S2. The van der Waals surface area contributed by atoms with Gasteiger partial charge in [-0.1, -0.05) is 20.8 Å². The van der Waals surface area contributed by atoms with Crippen LogP contribution in [0.25, 0.3) is 0 Å². The Labute approximate surface area is 130 Å². The van der Waals surface area contributed by atoms with Crippen LogP contribution in [0, 0.1) is 0 Å². The van der Waals surface area contributed by atoms with Crippen LogP contribution in [0.15, 0.2) is 5.38 Å². The van der Waals surface area contributed by atoms with Gasteiger partial charge in [-0.3, -0.25) is 0 Å². The molecule has 4 nitrogen and oxygen atoms in total. The van der Waals surface area contributed by atoms with Gasteiger partial charge < -0.3 is 0 Å². The molecule has 0 radical (unpaired) electrons. The molecule has 0 atom stereocenters. The summed E-state index contributed by atoms with van der Waals surface area (Å²) in [6.45, 7) is 6.55. The Morgan fingerprint density at radius 1 is 1.43 bits per heavy atom. The number of alkyl halides is 1. The van der Waals surface area contributed by atoms with Crippen molar-refractivity contribution in [3.8, 4) is 0 Å². The summed E-state index contributed by atoms with van der Waals surface area (Å²) in [4.78, 5) is 4.51. The summed E-state index contributed by atoms with van der Waals surface area (Å²) < 4.78 is 40.0. The third-order valence-electron chi connectivity index (χ3n) is 3.68. The van der Waals surface area contributed by atoms with E-state index >= 15 is 0 Å². The van der Waals surface area contributed by atoms with E-state index in [1.54, 1.807) is 0 Å². The van der Waals surface area contributed by atoms with Crippen molar-refractivity contribution >= 4 is 21.4 Å². The normalized spacial score (nSPS) is 18.5. The zero-order chi connectivity index (χ0) is 15.7. The quantitative estimate of drug-likeness (QED) is 0.870. The third-order valence-corrected chi connectivity index (χ3v) is 6.13. The molecule has 2 rings (SSSR count). The summed E-state index contributed by atoms with van der Waals surface area (Å²) in [5.41, 5.74) is -0.492. The van der Waals surface area contributed by atoms with Crippen LogP contribution < -0.4 is 4.72 Å². The standard InChI is InChI=1S/C14H23FN2O2S2/c1-13(2,3)11-9-20-12(17-11)5-8-16-21(18,19)10-14(15)6-4-7-14/h9,16H,4-8,10H2,1-3H3. The van der Waals surface area contributed by atoms with Gasteiger partial charge in [-0.2, -0.15) is 0 Å². The summed E-state index contributed by atoms with van der Waals surface area (Å²) >= 11 is 1.54. The summed E-state index contributed by atoms with van der Waals surface area (Å²) in [6, 6.07) is 0. The molecule has 0 amide bonds. The van der Waals surface area contributed by atoms with Gasteiger partial charge in [0.05, 0.1) is 16.5 Å². The molecule has 0 aliphatic heterocycles. The fraction of sp³-hybridized carbons (Fsp3) is 0.786. The molecule has 1 N–H and O–H groups in total. The fourth-order valence-corrected chi connectivity index (χ4v) is 4.69. The smallest absolute Gasteiger partial charge is 0.214 e. The predicted molar refractivity (Wildman–Crippen MR) is 84.0 cm³/mol. The van der Waals surface area contributed by atoms with Gasteiger partial charge in [-0.25, -0.2) is 22.5 Å². The van der Waals surface area contributed by atoms with Crippen molar-refractivity contribution in [2.45, 2.75) is 57.5 Å². The minimum absolute atomic E-state index is 0.000906. The Hall–Kier alpha value is -0.530. The summed E-state index contributed by atoms with van der Waals surface area (Å²) in [5, 5.41) is 2.91. The zero-order valence-electron chi connectivity index (χ0n) is 12.8. The molecule has 0 saturated heterocycles. The van der Waals surface area contributed by atoms with Crippen molar-refractivity contribution in [3.05, 3.63) is 16.1 Å². The van der Waals surface area contributed by atoms with E-state index < -0.39 is 21.4 Å². The van der Waals surface area contributed by atoms with E-state index in [0.717, 1.165) is 17.1 Å². The van der Waals surface area contributed by atoms with Crippen molar-refractivity contribution in [2.75, 3.05) is 12.3 Å². The number of hydrogen-bond acceptors (Lipinski definition) is 4. The second-order valence-corrected chi connectivity index (χ2v) is 9.53. The van der Waals surface area contributed by atoms with Crippen molar-refractivity contribution in [3.63, 3.8) is 0 Å². The topological polar surface area (TPSA) is 59.1 Å². The van der Waals surface area contributed by atoms with Crippen LogP contribution in [0.1, 0.15) is 50.7 Å². The molecule has 1 aromatic rings. The van der Waals surface area contributed by atoms with Gasteiger partial charge in [-0.15, -0.1) is 11.3 Å². The predicted octanol–water partition coefficient (Wildman–Crippen LogP) is 2.79. The average Bonchev–Trinajstić information content (AvgIpc) is 2.74. The molecule has 1 heterocycles. The van der Waals surface area contributed by atoms with Crippen LogP contribution in [0.3, 0.4) is 0 Å².